The number of aliphatic hydroxyl groups is 1. The average Bonchev–Trinajstić information content (AvgIpc) is 2.12. The van der Waals surface area contributed by atoms with Gasteiger partial charge in [-0.2, -0.15) is 0 Å². The van der Waals surface area contributed by atoms with E-state index in [1.807, 2.05) is 6.92 Å². The molecular weight excluding hydrogens is 200 g/mol. The SMILES string of the molecule is C=C(C)C(=O)C12CC3CC(CC(O)(C3)C1)C2. The van der Waals surface area contributed by atoms with Crippen molar-refractivity contribution in [2.75, 3.05) is 0 Å². The van der Waals surface area contributed by atoms with Gasteiger partial charge in [0.05, 0.1) is 5.60 Å². The van der Waals surface area contributed by atoms with E-state index in [-0.39, 0.29) is 11.2 Å². The minimum atomic E-state index is -0.533. The Balaban J connectivity index is 1.98. The highest BCUT2D eigenvalue weighted by Gasteiger charge is 2.59. The number of carbonyl (C=O) groups is 1. The molecule has 2 atom stereocenters. The van der Waals surface area contributed by atoms with Crippen molar-refractivity contribution in [2.24, 2.45) is 17.3 Å². The molecule has 0 aliphatic heterocycles. The predicted octanol–water partition coefficient (Wildman–Crippen LogP) is 2.46. The van der Waals surface area contributed by atoms with Gasteiger partial charge in [0, 0.05) is 5.41 Å². The number of hydrogen-bond acceptors (Lipinski definition) is 2. The van der Waals surface area contributed by atoms with Crippen molar-refractivity contribution in [1.29, 1.82) is 0 Å². The molecule has 0 aromatic rings. The minimum Gasteiger partial charge on any atom is -0.390 e. The Morgan fingerprint density at radius 2 is 1.81 bits per heavy atom. The highest BCUT2D eigenvalue weighted by molar-refractivity contribution is 5.99. The van der Waals surface area contributed by atoms with E-state index >= 15 is 0 Å². The summed E-state index contributed by atoms with van der Waals surface area (Å²) in [7, 11) is 0. The molecule has 4 saturated carbocycles. The van der Waals surface area contributed by atoms with Crippen LogP contribution in [0.5, 0.6) is 0 Å². The number of rotatable bonds is 2. The molecule has 4 fully saturated rings. The van der Waals surface area contributed by atoms with Gasteiger partial charge in [0.25, 0.3) is 0 Å². The summed E-state index contributed by atoms with van der Waals surface area (Å²) in [5.41, 5.74) is -0.106. The Morgan fingerprint density at radius 1 is 1.25 bits per heavy atom. The lowest BCUT2D eigenvalue weighted by atomic mass is 9.46. The van der Waals surface area contributed by atoms with Crippen LogP contribution in [0.15, 0.2) is 12.2 Å². The molecule has 2 nitrogen and oxygen atoms in total. The lowest BCUT2D eigenvalue weighted by Crippen LogP contribution is -2.58. The Kier molecular flexibility index (Phi) is 1.96. The topological polar surface area (TPSA) is 37.3 Å². The molecule has 0 aromatic carbocycles. The van der Waals surface area contributed by atoms with Crippen LogP contribution < -0.4 is 0 Å². The number of ketones is 1. The summed E-state index contributed by atoms with van der Waals surface area (Å²) in [4.78, 5) is 12.3. The Morgan fingerprint density at radius 3 is 2.25 bits per heavy atom. The molecule has 1 N–H and O–H groups in total. The zero-order chi connectivity index (χ0) is 11.6. The first-order chi connectivity index (χ1) is 7.42. The minimum absolute atomic E-state index is 0.222. The van der Waals surface area contributed by atoms with Crippen LogP contribution >= 0.6 is 0 Å². The van der Waals surface area contributed by atoms with Crippen LogP contribution in [0.4, 0.5) is 0 Å². The van der Waals surface area contributed by atoms with Crippen molar-refractivity contribution in [3.8, 4) is 0 Å². The van der Waals surface area contributed by atoms with Crippen LogP contribution in [0.2, 0.25) is 0 Å². The first-order valence-electron chi connectivity index (χ1n) is 6.35. The van der Waals surface area contributed by atoms with Crippen molar-refractivity contribution in [2.45, 2.75) is 51.0 Å². The first-order valence-corrected chi connectivity index (χ1v) is 6.35. The molecule has 16 heavy (non-hydrogen) atoms. The summed E-state index contributed by atoms with van der Waals surface area (Å²) in [6.45, 7) is 5.61. The predicted molar refractivity (Wildman–Crippen MR) is 61.9 cm³/mol. The number of hydrogen-bond donors (Lipinski definition) is 1. The number of carbonyl (C=O) groups excluding carboxylic acids is 1. The quantitative estimate of drug-likeness (QED) is 0.726. The molecule has 2 heteroatoms. The van der Waals surface area contributed by atoms with Crippen LogP contribution in [0.1, 0.15) is 45.4 Å². The Labute approximate surface area is 96.7 Å². The van der Waals surface area contributed by atoms with Gasteiger partial charge in [-0.3, -0.25) is 4.79 Å². The maximum absolute atomic E-state index is 12.3. The zero-order valence-electron chi connectivity index (χ0n) is 9.96. The molecular formula is C14H20O2. The second kappa shape index (κ2) is 2.98. The summed E-state index contributed by atoms with van der Waals surface area (Å²) in [5, 5.41) is 10.5. The van der Waals surface area contributed by atoms with Crippen LogP contribution in [-0.4, -0.2) is 16.5 Å². The van der Waals surface area contributed by atoms with Crippen LogP contribution in [-0.2, 0) is 4.79 Å². The fourth-order valence-electron chi connectivity index (χ4n) is 4.93. The standard InChI is InChI=1S/C14H20O2/c1-9(2)12(15)13-4-10-3-11(5-13)7-14(16,6-10)8-13/h10-11,16H,1,3-8H2,2H3. The number of Topliss-reactive ketones (excluding diaryl/α,β-unsaturated/α-hetero) is 1. The van der Waals surface area contributed by atoms with Crippen molar-refractivity contribution in [3.63, 3.8) is 0 Å². The smallest absolute Gasteiger partial charge is 0.164 e. The van der Waals surface area contributed by atoms with Crippen molar-refractivity contribution < 1.29 is 9.90 Å². The molecule has 4 rings (SSSR count). The maximum atomic E-state index is 12.3. The van der Waals surface area contributed by atoms with E-state index in [0.29, 0.717) is 23.8 Å². The third-order valence-corrected chi connectivity index (χ3v) is 4.90. The van der Waals surface area contributed by atoms with Gasteiger partial charge >= 0.3 is 0 Å². The van der Waals surface area contributed by atoms with Crippen LogP contribution in [0.25, 0.3) is 0 Å². The fraction of sp³-hybridized carbons (Fsp3) is 0.786. The molecule has 4 aliphatic rings. The van der Waals surface area contributed by atoms with E-state index in [0.717, 1.165) is 25.7 Å². The van der Waals surface area contributed by atoms with E-state index < -0.39 is 5.60 Å². The monoisotopic (exact) mass is 220 g/mol. The van der Waals surface area contributed by atoms with Gasteiger partial charge < -0.3 is 5.11 Å². The highest BCUT2D eigenvalue weighted by atomic mass is 16.3. The van der Waals surface area contributed by atoms with Crippen LogP contribution in [0.3, 0.4) is 0 Å². The molecule has 2 unspecified atom stereocenters. The zero-order valence-corrected chi connectivity index (χ0v) is 9.96. The van der Waals surface area contributed by atoms with E-state index in [2.05, 4.69) is 6.58 Å². The summed E-state index contributed by atoms with van der Waals surface area (Å²) < 4.78 is 0. The van der Waals surface area contributed by atoms with Gasteiger partial charge in [-0.25, -0.2) is 0 Å². The van der Waals surface area contributed by atoms with E-state index in [4.69, 9.17) is 0 Å². The molecule has 0 aromatic heterocycles. The molecule has 88 valence electrons. The van der Waals surface area contributed by atoms with E-state index in [1.54, 1.807) is 0 Å². The third kappa shape index (κ3) is 1.32. The normalized spacial score (nSPS) is 49.4. The summed E-state index contributed by atoms with van der Waals surface area (Å²) in [6, 6.07) is 0. The average molecular weight is 220 g/mol. The fourth-order valence-corrected chi connectivity index (χ4v) is 4.93. The second-order valence-electron chi connectivity index (χ2n) is 6.58. The Hall–Kier alpha value is -0.630. The molecule has 0 saturated heterocycles. The van der Waals surface area contributed by atoms with Crippen molar-refractivity contribution in [3.05, 3.63) is 12.2 Å². The van der Waals surface area contributed by atoms with Crippen molar-refractivity contribution in [1.82, 2.24) is 0 Å². The Bertz CT molecular complexity index is 355. The van der Waals surface area contributed by atoms with Gasteiger partial charge in [-0.05, 0) is 62.9 Å². The van der Waals surface area contributed by atoms with Gasteiger partial charge in [0.2, 0.25) is 0 Å². The lowest BCUT2D eigenvalue weighted by Gasteiger charge is -2.59. The van der Waals surface area contributed by atoms with Gasteiger partial charge in [-0.15, -0.1) is 0 Å². The molecule has 4 aliphatic carbocycles. The molecule has 0 heterocycles. The maximum Gasteiger partial charge on any atom is 0.164 e. The number of allylic oxidation sites excluding steroid dienone is 1. The lowest BCUT2D eigenvalue weighted by molar-refractivity contribution is -0.173. The van der Waals surface area contributed by atoms with E-state index in [9.17, 15) is 9.90 Å². The second-order valence-corrected chi connectivity index (χ2v) is 6.58. The van der Waals surface area contributed by atoms with Gasteiger partial charge in [0.15, 0.2) is 5.78 Å². The van der Waals surface area contributed by atoms with Crippen molar-refractivity contribution >= 4 is 5.78 Å². The summed E-state index contributed by atoms with van der Waals surface area (Å²) in [6.07, 6.45) is 5.77. The summed E-state index contributed by atoms with van der Waals surface area (Å²) in [5.74, 6) is 1.38. The van der Waals surface area contributed by atoms with Gasteiger partial charge in [0.1, 0.15) is 0 Å². The summed E-state index contributed by atoms with van der Waals surface area (Å²) >= 11 is 0. The molecule has 0 amide bonds. The first kappa shape index (κ1) is 10.5. The van der Waals surface area contributed by atoms with E-state index in [1.165, 1.54) is 6.42 Å². The molecule has 0 spiro atoms. The molecule has 4 bridgehead atoms. The molecule has 0 radical (unpaired) electrons. The third-order valence-electron chi connectivity index (χ3n) is 4.90. The highest BCUT2D eigenvalue weighted by Crippen LogP contribution is 2.62. The largest absolute Gasteiger partial charge is 0.390 e. The van der Waals surface area contributed by atoms with Gasteiger partial charge in [-0.1, -0.05) is 6.58 Å². The van der Waals surface area contributed by atoms with Crippen LogP contribution in [0, 0.1) is 17.3 Å².